The van der Waals surface area contributed by atoms with E-state index in [1.165, 1.54) is 11.3 Å². The molecule has 1 saturated heterocycles. The first-order valence-corrected chi connectivity index (χ1v) is 6.03. The van der Waals surface area contributed by atoms with E-state index < -0.39 is 0 Å². The zero-order valence-electron chi connectivity index (χ0n) is 9.70. The highest BCUT2D eigenvalue weighted by Gasteiger charge is 2.21. The number of anilines is 1. The number of likely N-dealkylation sites (N-methyl/N-ethyl adjacent to an activating group) is 1. The lowest BCUT2D eigenvalue weighted by molar-refractivity contribution is 0.208. The van der Waals surface area contributed by atoms with Crippen LogP contribution in [0.4, 0.5) is 5.69 Å². The number of rotatable bonds is 2. The summed E-state index contributed by atoms with van der Waals surface area (Å²) in [5.41, 5.74) is 2.67. The van der Waals surface area contributed by atoms with Gasteiger partial charge in [-0.1, -0.05) is 6.07 Å². The quantitative estimate of drug-likeness (QED) is 0.818. The number of hydrogen-bond donors (Lipinski definition) is 1. The summed E-state index contributed by atoms with van der Waals surface area (Å²) in [7, 11) is 2.15. The van der Waals surface area contributed by atoms with E-state index in [1.54, 1.807) is 0 Å². The number of nitrogens with one attached hydrogen (secondary N) is 1. The van der Waals surface area contributed by atoms with Gasteiger partial charge in [-0.15, -0.1) is 0 Å². The lowest BCUT2D eigenvalue weighted by Crippen LogP contribution is -2.21. The molecule has 0 spiro atoms. The molecule has 0 unspecified atom stereocenters. The highest BCUT2D eigenvalue weighted by atomic mass is 16.5. The van der Waals surface area contributed by atoms with Gasteiger partial charge in [0.2, 0.25) is 0 Å². The molecule has 2 heterocycles. The van der Waals surface area contributed by atoms with E-state index in [2.05, 4.69) is 35.5 Å². The predicted octanol–water partition coefficient (Wildman–Crippen LogP) is 1.74. The van der Waals surface area contributed by atoms with Crippen LogP contribution in [0.15, 0.2) is 18.2 Å². The summed E-state index contributed by atoms with van der Waals surface area (Å²) in [5.74, 6) is 1.01. The molecule has 1 fully saturated rings. The molecule has 3 rings (SSSR count). The minimum Gasteiger partial charge on any atom is -0.489 e. The fourth-order valence-corrected chi connectivity index (χ4v) is 2.53. The molecule has 1 aromatic rings. The Morgan fingerprint density at radius 2 is 2.38 bits per heavy atom. The Hall–Kier alpha value is -1.22. The van der Waals surface area contributed by atoms with Crippen molar-refractivity contribution in [2.75, 3.05) is 32.0 Å². The first-order valence-electron chi connectivity index (χ1n) is 6.03. The molecule has 0 amide bonds. The lowest BCUT2D eigenvalue weighted by Gasteiger charge is -2.14. The average molecular weight is 218 g/mol. The Balaban J connectivity index is 1.71. The van der Waals surface area contributed by atoms with Gasteiger partial charge < -0.3 is 15.0 Å². The van der Waals surface area contributed by atoms with E-state index in [0.29, 0.717) is 6.10 Å². The standard InChI is InChI=1S/C13H18N2O/c1-15-7-5-12(9-15)16-11-3-2-10-4-6-14-13(10)8-11/h2-3,8,12,14H,4-7,9H2,1H3/t12-/m1/s1. The van der Waals surface area contributed by atoms with Crippen molar-refractivity contribution in [1.82, 2.24) is 4.90 Å². The van der Waals surface area contributed by atoms with Gasteiger partial charge in [0, 0.05) is 31.4 Å². The molecule has 2 aliphatic rings. The Labute approximate surface area is 96.4 Å². The van der Waals surface area contributed by atoms with Crippen LogP contribution in [0.1, 0.15) is 12.0 Å². The molecule has 1 atom stereocenters. The van der Waals surface area contributed by atoms with Crippen LogP contribution in [-0.2, 0) is 6.42 Å². The van der Waals surface area contributed by atoms with E-state index in [9.17, 15) is 0 Å². The van der Waals surface area contributed by atoms with Crippen LogP contribution < -0.4 is 10.1 Å². The molecule has 0 radical (unpaired) electrons. The Morgan fingerprint density at radius 3 is 3.19 bits per heavy atom. The molecule has 1 aromatic carbocycles. The summed E-state index contributed by atoms with van der Waals surface area (Å²) in [6.45, 7) is 3.25. The van der Waals surface area contributed by atoms with Crippen LogP contribution in [-0.4, -0.2) is 37.7 Å². The SMILES string of the molecule is CN1CC[C@@H](Oc2ccc3c(c2)NCC3)C1. The van der Waals surface area contributed by atoms with Gasteiger partial charge in [0.05, 0.1) is 0 Å². The first kappa shape index (κ1) is 9.97. The van der Waals surface area contributed by atoms with Crippen LogP contribution >= 0.6 is 0 Å². The second-order valence-corrected chi connectivity index (χ2v) is 4.79. The zero-order valence-corrected chi connectivity index (χ0v) is 9.70. The van der Waals surface area contributed by atoms with Gasteiger partial charge in [-0.25, -0.2) is 0 Å². The third-order valence-corrected chi connectivity index (χ3v) is 3.44. The van der Waals surface area contributed by atoms with Crippen LogP contribution in [0.3, 0.4) is 0 Å². The van der Waals surface area contributed by atoms with Gasteiger partial charge in [0.25, 0.3) is 0 Å². The average Bonchev–Trinajstić information content (AvgIpc) is 2.87. The van der Waals surface area contributed by atoms with Gasteiger partial charge in [-0.2, -0.15) is 0 Å². The van der Waals surface area contributed by atoms with Crippen molar-refractivity contribution >= 4 is 5.69 Å². The third-order valence-electron chi connectivity index (χ3n) is 3.44. The number of likely N-dealkylation sites (tertiary alicyclic amines) is 1. The first-order chi connectivity index (χ1) is 7.81. The van der Waals surface area contributed by atoms with Gasteiger partial charge in [0.1, 0.15) is 11.9 Å². The number of ether oxygens (including phenoxy) is 1. The van der Waals surface area contributed by atoms with E-state index in [4.69, 9.17) is 4.74 Å². The Kier molecular flexibility index (Phi) is 2.48. The number of benzene rings is 1. The normalized spacial score (nSPS) is 24.2. The zero-order chi connectivity index (χ0) is 11.0. The smallest absolute Gasteiger partial charge is 0.121 e. The monoisotopic (exact) mass is 218 g/mol. The topological polar surface area (TPSA) is 24.5 Å². The van der Waals surface area contributed by atoms with E-state index >= 15 is 0 Å². The Bertz CT molecular complexity index is 392. The fourth-order valence-electron chi connectivity index (χ4n) is 2.53. The van der Waals surface area contributed by atoms with Gasteiger partial charge in [-0.3, -0.25) is 0 Å². The van der Waals surface area contributed by atoms with E-state index in [-0.39, 0.29) is 0 Å². The molecule has 1 N–H and O–H groups in total. The maximum atomic E-state index is 5.99. The number of nitrogens with zero attached hydrogens (tertiary/aromatic N) is 1. The van der Waals surface area contributed by atoms with Gasteiger partial charge in [0.15, 0.2) is 0 Å². The summed E-state index contributed by atoms with van der Waals surface area (Å²) in [6.07, 6.45) is 2.65. The van der Waals surface area contributed by atoms with Crippen molar-refractivity contribution in [2.45, 2.75) is 18.9 Å². The van der Waals surface area contributed by atoms with Gasteiger partial charge in [-0.05, 0) is 31.5 Å². The van der Waals surface area contributed by atoms with Crippen molar-refractivity contribution < 1.29 is 4.74 Å². The summed E-state index contributed by atoms with van der Waals surface area (Å²) < 4.78 is 5.99. The van der Waals surface area contributed by atoms with Crippen molar-refractivity contribution in [3.63, 3.8) is 0 Å². The molecule has 3 heteroatoms. The molecular weight excluding hydrogens is 200 g/mol. The van der Waals surface area contributed by atoms with Crippen LogP contribution in [0, 0.1) is 0 Å². The van der Waals surface area contributed by atoms with Crippen molar-refractivity contribution in [2.24, 2.45) is 0 Å². The minimum atomic E-state index is 0.365. The number of hydrogen-bond acceptors (Lipinski definition) is 3. The summed E-state index contributed by atoms with van der Waals surface area (Å²) >= 11 is 0. The third kappa shape index (κ3) is 1.87. The molecule has 2 aliphatic heterocycles. The highest BCUT2D eigenvalue weighted by Crippen LogP contribution is 2.28. The molecule has 86 valence electrons. The van der Waals surface area contributed by atoms with Crippen LogP contribution in [0.5, 0.6) is 5.75 Å². The molecule has 16 heavy (non-hydrogen) atoms. The van der Waals surface area contributed by atoms with E-state index in [1.807, 2.05) is 0 Å². The van der Waals surface area contributed by atoms with Crippen LogP contribution in [0.25, 0.3) is 0 Å². The number of fused-ring (bicyclic) bond motifs is 1. The highest BCUT2D eigenvalue weighted by molar-refractivity contribution is 5.58. The van der Waals surface area contributed by atoms with Crippen molar-refractivity contribution in [3.05, 3.63) is 23.8 Å². The summed E-state index contributed by atoms with van der Waals surface area (Å²) in [4.78, 5) is 2.32. The second-order valence-electron chi connectivity index (χ2n) is 4.79. The minimum absolute atomic E-state index is 0.365. The predicted molar refractivity (Wildman–Crippen MR) is 65.2 cm³/mol. The fraction of sp³-hybridized carbons (Fsp3) is 0.538. The lowest BCUT2D eigenvalue weighted by atomic mass is 10.1. The van der Waals surface area contributed by atoms with Crippen LogP contribution in [0.2, 0.25) is 0 Å². The molecular formula is C13H18N2O. The molecule has 0 bridgehead atoms. The second kappa shape index (κ2) is 3.98. The summed E-state index contributed by atoms with van der Waals surface area (Å²) in [6, 6.07) is 6.42. The molecule has 3 nitrogen and oxygen atoms in total. The Morgan fingerprint density at radius 1 is 1.44 bits per heavy atom. The van der Waals surface area contributed by atoms with Crippen molar-refractivity contribution in [3.8, 4) is 5.75 Å². The largest absolute Gasteiger partial charge is 0.489 e. The van der Waals surface area contributed by atoms with Crippen molar-refractivity contribution in [1.29, 1.82) is 0 Å². The van der Waals surface area contributed by atoms with E-state index in [0.717, 1.165) is 38.2 Å². The maximum Gasteiger partial charge on any atom is 0.121 e. The van der Waals surface area contributed by atoms with Gasteiger partial charge >= 0.3 is 0 Å². The molecule has 0 aliphatic carbocycles. The maximum absolute atomic E-state index is 5.99. The molecule has 0 saturated carbocycles. The summed E-state index contributed by atoms with van der Waals surface area (Å²) in [5, 5.41) is 3.38. The molecule has 0 aromatic heterocycles.